The summed E-state index contributed by atoms with van der Waals surface area (Å²) in [5, 5.41) is 9.25. The fourth-order valence-corrected chi connectivity index (χ4v) is 2.88. The van der Waals surface area contributed by atoms with Crippen molar-refractivity contribution in [2.45, 2.75) is 6.61 Å². The van der Waals surface area contributed by atoms with E-state index in [1.165, 1.54) is 0 Å². The van der Waals surface area contributed by atoms with Gasteiger partial charge in [-0.15, -0.1) is 0 Å². The van der Waals surface area contributed by atoms with Gasteiger partial charge in [-0.2, -0.15) is 4.98 Å². The van der Waals surface area contributed by atoms with Gasteiger partial charge in [-0.05, 0) is 60.7 Å². The number of methoxy groups -OCH3 is 1. The summed E-state index contributed by atoms with van der Waals surface area (Å²) in [6, 6.07) is 22.1. The Morgan fingerprint density at radius 1 is 0.879 bits per heavy atom. The van der Waals surface area contributed by atoms with Gasteiger partial charge in [0.25, 0.3) is 5.89 Å². The number of amides is 2. The molecule has 0 aliphatic carbocycles. The largest absolute Gasteiger partial charge is 0.497 e. The van der Waals surface area contributed by atoms with E-state index in [4.69, 9.17) is 14.0 Å². The smallest absolute Gasteiger partial charge is 0.338 e. The molecule has 9 heteroatoms. The van der Waals surface area contributed by atoms with Crippen molar-refractivity contribution >= 4 is 23.4 Å². The molecule has 0 bridgehead atoms. The number of aromatic nitrogens is 2. The van der Waals surface area contributed by atoms with Crippen molar-refractivity contribution < 1.29 is 23.6 Å². The summed E-state index contributed by atoms with van der Waals surface area (Å²) in [6.45, 7) is -0.141. The van der Waals surface area contributed by atoms with Crippen LogP contribution in [0.3, 0.4) is 0 Å². The fraction of sp³-hybridized carbons (Fsp3) is 0.0833. The lowest BCUT2D eigenvalue weighted by atomic mass is 10.2. The first kappa shape index (κ1) is 21.6. The average Bonchev–Trinajstić information content (AvgIpc) is 3.33. The van der Waals surface area contributed by atoms with Crippen molar-refractivity contribution in [1.82, 2.24) is 10.1 Å². The second-order valence-electron chi connectivity index (χ2n) is 6.84. The van der Waals surface area contributed by atoms with E-state index < -0.39 is 5.97 Å². The summed E-state index contributed by atoms with van der Waals surface area (Å²) >= 11 is 0. The molecule has 9 nitrogen and oxygen atoms in total. The Morgan fingerprint density at radius 3 is 2.21 bits per heavy atom. The molecule has 33 heavy (non-hydrogen) atoms. The van der Waals surface area contributed by atoms with E-state index in [9.17, 15) is 9.59 Å². The van der Waals surface area contributed by atoms with Crippen LogP contribution in [0, 0.1) is 0 Å². The molecule has 4 rings (SSSR count). The van der Waals surface area contributed by atoms with Crippen LogP contribution in [0.15, 0.2) is 83.4 Å². The number of anilines is 2. The van der Waals surface area contributed by atoms with E-state index in [1.807, 2.05) is 18.2 Å². The van der Waals surface area contributed by atoms with Crippen LogP contribution in [0.1, 0.15) is 16.2 Å². The Bertz CT molecular complexity index is 1220. The number of rotatable bonds is 7. The molecule has 0 fully saturated rings. The van der Waals surface area contributed by atoms with Crippen molar-refractivity contribution in [2.75, 3.05) is 17.7 Å². The number of benzene rings is 3. The van der Waals surface area contributed by atoms with Crippen LogP contribution >= 0.6 is 0 Å². The molecule has 1 heterocycles. The first-order valence-electron chi connectivity index (χ1n) is 9.98. The van der Waals surface area contributed by atoms with Gasteiger partial charge in [-0.3, -0.25) is 0 Å². The van der Waals surface area contributed by atoms with Crippen LogP contribution in [-0.4, -0.2) is 29.3 Å². The second-order valence-corrected chi connectivity index (χ2v) is 6.84. The fourth-order valence-electron chi connectivity index (χ4n) is 2.88. The summed E-state index contributed by atoms with van der Waals surface area (Å²) in [7, 11) is 1.58. The number of esters is 1. The van der Waals surface area contributed by atoms with E-state index in [1.54, 1.807) is 67.8 Å². The van der Waals surface area contributed by atoms with Crippen molar-refractivity contribution in [3.8, 4) is 17.2 Å². The number of hydrogen-bond acceptors (Lipinski definition) is 7. The van der Waals surface area contributed by atoms with Crippen LogP contribution in [0.2, 0.25) is 0 Å². The third kappa shape index (κ3) is 5.73. The number of nitrogens with one attached hydrogen (secondary N) is 2. The molecule has 166 valence electrons. The summed E-state index contributed by atoms with van der Waals surface area (Å²) in [5.74, 6) is 0.717. The lowest BCUT2D eigenvalue weighted by molar-refractivity contribution is 0.0459. The molecule has 0 saturated carbocycles. The van der Waals surface area contributed by atoms with Crippen molar-refractivity contribution in [3.63, 3.8) is 0 Å². The van der Waals surface area contributed by atoms with E-state index in [2.05, 4.69) is 20.8 Å². The van der Waals surface area contributed by atoms with Crippen LogP contribution in [0.5, 0.6) is 5.75 Å². The standard InChI is InChI=1S/C24H20N4O5/c1-31-20-13-9-16(10-14-20)22-27-21(28-33-22)15-32-23(29)17-7-11-19(12-8-17)26-24(30)25-18-5-3-2-4-6-18/h2-14H,15H2,1H3,(H2,25,26,30). The van der Waals surface area contributed by atoms with Crippen molar-refractivity contribution in [2.24, 2.45) is 0 Å². The van der Waals surface area contributed by atoms with Gasteiger partial charge in [-0.1, -0.05) is 23.4 Å². The summed E-state index contributed by atoms with van der Waals surface area (Å²) < 4.78 is 15.6. The molecule has 0 aliphatic rings. The lowest BCUT2D eigenvalue weighted by Crippen LogP contribution is -2.19. The maximum atomic E-state index is 12.3. The molecule has 0 spiro atoms. The molecule has 0 atom stereocenters. The van der Waals surface area contributed by atoms with Gasteiger partial charge in [0, 0.05) is 16.9 Å². The molecule has 2 N–H and O–H groups in total. The van der Waals surface area contributed by atoms with E-state index in [-0.39, 0.29) is 18.5 Å². The van der Waals surface area contributed by atoms with Gasteiger partial charge in [0.15, 0.2) is 6.61 Å². The Hall–Kier alpha value is -4.66. The average molecular weight is 444 g/mol. The van der Waals surface area contributed by atoms with Crippen LogP contribution in [0.25, 0.3) is 11.5 Å². The maximum Gasteiger partial charge on any atom is 0.338 e. The Labute approximate surface area is 189 Å². The molecule has 0 unspecified atom stereocenters. The Kier molecular flexibility index (Phi) is 6.60. The number of ether oxygens (including phenoxy) is 2. The van der Waals surface area contributed by atoms with Gasteiger partial charge in [-0.25, -0.2) is 9.59 Å². The minimum Gasteiger partial charge on any atom is -0.497 e. The number of nitrogens with zero attached hydrogens (tertiary/aromatic N) is 2. The number of urea groups is 1. The molecule has 0 saturated heterocycles. The number of carbonyl (C=O) groups is 2. The van der Waals surface area contributed by atoms with Crippen molar-refractivity contribution in [3.05, 3.63) is 90.3 Å². The van der Waals surface area contributed by atoms with E-state index in [0.29, 0.717) is 28.6 Å². The van der Waals surface area contributed by atoms with Crippen LogP contribution in [0.4, 0.5) is 16.2 Å². The van der Waals surface area contributed by atoms with E-state index >= 15 is 0 Å². The summed E-state index contributed by atoms with van der Waals surface area (Å²) in [6.07, 6.45) is 0. The Morgan fingerprint density at radius 2 is 1.55 bits per heavy atom. The SMILES string of the molecule is COc1ccc(-c2nc(COC(=O)c3ccc(NC(=O)Nc4ccccc4)cc3)no2)cc1. The molecule has 0 radical (unpaired) electrons. The molecule has 3 aromatic carbocycles. The zero-order valence-corrected chi connectivity index (χ0v) is 17.6. The quantitative estimate of drug-likeness (QED) is 0.395. The Balaban J connectivity index is 1.29. The predicted molar refractivity (Wildman–Crippen MR) is 121 cm³/mol. The maximum absolute atomic E-state index is 12.3. The molecule has 4 aromatic rings. The first-order chi connectivity index (χ1) is 16.1. The summed E-state index contributed by atoms with van der Waals surface area (Å²) in [5.41, 5.74) is 2.25. The monoisotopic (exact) mass is 444 g/mol. The highest BCUT2D eigenvalue weighted by Gasteiger charge is 2.13. The molecular formula is C24H20N4O5. The molecule has 1 aromatic heterocycles. The summed E-state index contributed by atoms with van der Waals surface area (Å²) in [4.78, 5) is 28.6. The molecule has 2 amide bonds. The second kappa shape index (κ2) is 10.1. The molecular weight excluding hydrogens is 424 g/mol. The predicted octanol–water partition coefficient (Wildman–Crippen LogP) is 4.75. The van der Waals surface area contributed by atoms with Crippen LogP contribution in [-0.2, 0) is 11.3 Å². The third-order valence-electron chi connectivity index (χ3n) is 4.55. The first-order valence-corrected chi connectivity index (χ1v) is 9.98. The number of hydrogen-bond donors (Lipinski definition) is 2. The highest BCUT2D eigenvalue weighted by Crippen LogP contribution is 2.21. The van der Waals surface area contributed by atoms with E-state index in [0.717, 1.165) is 5.56 Å². The van der Waals surface area contributed by atoms with Gasteiger partial charge < -0.3 is 24.6 Å². The minimum absolute atomic E-state index is 0.141. The van der Waals surface area contributed by atoms with Gasteiger partial charge >= 0.3 is 12.0 Å². The highest BCUT2D eigenvalue weighted by atomic mass is 16.5. The van der Waals surface area contributed by atoms with Gasteiger partial charge in [0.05, 0.1) is 12.7 Å². The zero-order valence-electron chi connectivity index (χ0n) is 17.6. The zero-order chi connectivity index (χ0) is 23.0. The van der Waals surface area contributed by atoms with Crippen LogP contribution < -0.4 is 15.4 Å². The van der Waals surface area contributed by atoms with Crippen molar-refractivity contribution in [1.29, 1.82) is 0 Å². The van der Waals surface area contributed by atoms with Gasteiger partial charge in [0.1, 0.15) is 5.75 Å². The topological polar surface area (TPSA) is 116 Å². The minimum atomic E-state index is -0.550. The number of carbonyl (C=O) groups excluding carboxylic acids is 2. The van der Waals surface area contributed by atoms with Gasteiger partial charge in [0.2, 0.25) is 5.82 Å². The normalized spacial score (nSPS) is 10.3. The highest BCUT2D eigenvalue weighted by molar-refractivity contribution is 6.00. The lowest BCUT2D eigenvalue weighted by Gasteiger charge is -2.08. The molecule has 0 aliphatic heterocycles. The third-order valence-corrected chi connectivity index (χ3v) is 4.55. The number of para-hydroxylation sites is 1.